The first-order chi connectivity index (χ1) is 14.2. The third-order valence-corrected chi connectivity index (χ3v) is 6.60. The molecule has 9 heteroatoms. The predicted molar refractivity (Wildman–Crippen MR) is 112 cm³/mol. The maximum Gasteiger partial charge on any atom is 0.270 e. The number of carbonyl (C=O) groups is 1. The van der Waals surface area contributed by atoms with E-state index in [0.29, 0.717) is 5.75 Å². The van der Waals surface area contributed by atoms with E-state index < -0.39 is 20.9 Å². The van der Waals surface area contributed by atoms with Crippen LogP contribution in [0.1, 0.15) is 12.5 Å². The quantitative estimate of drug-likeness (QED) is 0.421. The molecule has 0 aliphatic rings. The first-order valence-corrected chi connectivity index (χ1v) is 10.5. The lowest BCUT2D eigenvalue weighted by atomic mass is 10.0. The van der Waals surface area contributed by atoms with Crippen molar-refractivity contribution >= 4 is 32.4 Å². The van der Waals surface area contributed by atoms with Gasteiger partial charge in [0.05, 0.1) is 16.9 Å². The van der Waals surface area contributed by atoms with E-state index in [-0.39, 0.29) is 23.5 Å². The van der Waals surface area contributed by atoms with Crippen LogP contribution in [-0.4, -0.2) is 37.2 Å². The Kier molecular flexibility index (Phi) is 6.02. The first kappa shape index (κ1) is 21.3. The van der Waals surface area contributed by atoms with E-state index in [1.165, 1.54) is 18.2 Å². The molecule has 0 radical (unpaired) electrons. The van der Waals surface area contributed by atoms with Crippen LogP contribution in [0.4, 0.5) is 5.69 Å². The summed E-state index contributed by atoms with van der Waals surface area (Å²) in [5, 5.41) is 12.8. The Morgan fingerprint density at radius 1 is 1.10 bits per heavy atom. The van der Waals surface area contributed by atoms with Crippen LogP contribution in [0.25, 0.3) is 10.8 Å². The highest BCUT2D eigenvalue weighted by Crippen LogP contribution is 2.26. The number of hydrogen-bond donors (Lipinski definition) is 0. The van der Waals surface area contributed by atoms with Gasteiger partial charge in [-0.15, -0.1) is 0 Å². The van der Waals surface area contributed by atoms with E-state index in [0.717, 1.165) is 33.6 Å². The van der Waals surface area contributed by atoms with Gasteiger partial charge in [-0.2, -0.15) is 0 Å². The number of nitro groups is 1. The molecule has 0 unspecified atom stereocenters. The molecule has 30 heavy (non-hydrogen) atoms. The van der Waals surface area contributed by atoms with Crippen molar-refractivity contribution < 1.29 is 22.9 Å². The summed E-state index contributed by atoms with van der Waals surface area (Å²) in [4.78, 5) is 22.2. The molecule has 0 bridgehead atoms. The number of rotatable bonds is 7. The second kappa shape index (κ2) is 8.50. The van der Waals surface area contributed by atoms with E-state index in [9.17, 15) is 23.3 Å². The van der Waals surface area contributed by atoms with Crippen LogP contribution in [0.3, 0.4) is 0 Å². The minimum absolute atomic E-state index is 0.101. The minimum Gasteiger partial charge on any atom is -0.497 e. The van der Waals surface area contributed by atoms with Crippen molar-refractivity contribution in [1.29, 1.82) is 0 Å². The van der Waals surface area contributed by atoms with Crippen molar-refractivity contribution in [1.82, 2.24) is 4.31 Å². The largest absolute Gasteiger partial charge is 0.497 e. The molecule has 0 atom stereocenters. The van der Waals surface area contributed by atoms with Gasteiger partial charge >= 0.3 is 0 Å². The van der Waals surface area contributed by atoms with E-state index in [1.54, 1.807) is 7.11 Å². The van der Waals surface area contributed by atoms with Crippen molar-refractivity contribution in [3.05, 3.63) is 76.3 Å². The molecule has 0 saturated carbocycles. The van der Waals surface area contributed by atoms with Crippen LogP contribution >= 0.6 is 0 Å². The third kappa shape index (κ3) is 4.25. The SMILES string of the molecule is COc1ccc2cccc(CCN(C(C)=O)S(=O)(=O)c3cccc([N+](=O)[O-])c3)c2c1. The molecule has 0 aliphatic carbocycles. The highest BCUT2D eigenvalue weighted by Gasteiger charge is 2.28. The summed E-state index contributed by atoms with van der Waals surface area (Å²) in [7, 11) is -2.68. The molecule has 156 valence electrons. The topological polar surface area (TPSA) is 107 Å². The lowest BCUT2D eigenvalue weighted by Gasteiger charge is -2.21. The zero-order valence-corrected chi connectivity index (χ0v) is 17.3. The molecule has 3 aromatic rings. The average Bonchev–Trinajstić information content (AvgIpc) is 2.73. The number of amides is 1. The predicted octanol–water partition coefficient (Wildman–Crippen LogP) is 3.54. The molecule has 0 aliphatic heterocycles. The van der Waals surface area contributed by atoms with Gasteiger partial charge in [0.15, 0.2) is 0 Å². The van der Waals surface area contributed by atoms with Gasteiger partial charge in [0, 0.05) is 25.6 Å². The normalized spacial score (nSPS) is 11.3. The van der Waals surface area contributed by atoms with E-state index in [1.807, 2.05) is 36.4 Å². The Morgan fingerprint density at radius 3 is 2.50 bits per heavy atom. The number of fused-ring (bicyclic) bond motifs is 1. The Labute approximate surface area is 173 Å². The highest BCUT2D eigenvalue weighted by atomic mass is 32.2. The Balaban J connectivity index is 1.94. The average molecular weight is 428 g/mol. The molecule has 3 rings (SSSR count). The lowest BCUT2D eigenvalue weighted by Crippen LogP contribution is -2.36. The molecule has 1 amide bonds. The smallest absolute Gasteiger partial charge is 0.270 e. The first-order valence-electron chi connectivity index (χ1n) is 9.07. The van der Waals surface area contributed by atoms with Crippen molar-refractivity contribution in [2.75, 3.05) is 13.7 Å². The van der Waals surface area contributed by atoms with Crippen LogP contribution in [0, 0.1) is 10.1 Å². The maximum absolute atomic E-state index is 13.0. The number of non-ortho nitro benzene ring substituents is 1. The molecular formula is C21H20N2O6S. The summed E-state index contributed by atoms with van der Waals surface area (Å²) in [6.45, 7) is 1.05. The van der Waals surface area contributed by atoms with Gasteiger partial charge < -0.3 is 4.74 Å². The molecule has 0 N–H and O–H groups in total. The van der Waals surface area contributed by atoms with E-state index in [4.69, 9.17) is 4.74 Å². The maximum atomic E-state index is 13.0. The minimum atomic E-state index is -4.24. The number of benzene rings is 3. The van der Waals surface area contributed by atoms with E-state index >= 15 is 0 Å². The Hall–Kier alpha value is -3.46. The molecule has 8 nitrogen and oxygen atoms in total. The number of sulfonamides is 1. The van der Waals surface area contributed by atoms with Crippen LogP contribution in [0.2, 0.25) is 0 Å². The summed E-state index contributed by atoms with van der Waals surface area (Å²) in [5.41, 5.74) is 0.493. The number of carbonyl (C=O) groups excluding carboxylic acids is 1. The third-order valence-electron chi connectivity index (χ3n) is 4.73. The summed E-state index contributed by atoms with van der Waals surface area (Å²) >= 11 is 0. The fourth-order valence-electron chi connectivity index (χ4n) is 3.22. The standard InChI is InChI=1S/C21H20N2O6S/c1-15(24)22(30(27,28)20-8-4-7-18(13-20)23(25)26)12-11-17-6-3-5-16-9-10-19(29-2)14-21(16)17/h3-10,13-14H,11-12H2,1-2H3. The van der Waals surface area contributed by atoms with Crippen LogP contribution in [-0.2, 0) is 21.2 Å². The van der Waals surface area contributed by atoms with Gasteiger partial charge in [-0.3, -0.25) is 14.9 Å². The summed E-state index contributed by atoms with van der Waals surface area (Å²) < 4.78 is 32.0. The van der Waals surface area contributed by atoms with Gasteiger partial charge in [-0.1, -0.05) is 30.3 Å². The Bertz CT molecular complexity index is 1220. The highest BCUT2D eigenvalue weighted by molar-refractivity contribution is 7.89. The van der Waals surface area contributed by atoms with Gasteiger partial charge in [0.2, 0.25) is 5.91 Å². The van der Waals surface area contributed by atoms with Gasteiger partial charge in [-0.05, 0) is 41.0 Å². The summed E-state index contributed by atoms with van der Waals surface area (Å²) in [6.07, 6.45) is 0.276. The number of nitrogens with zero attached hydrogens (tertiary/aromatic N) is 2. The fraction of sp³-hybridized carbons (Fsp3) is 0.190. The second-order valence-electron chi connectivity index (χ2n) is 6.60. The zero-order valence-electron chi connectivity index (χ0n) is 16.4. The number of methoxy groups -OCH3 is 1. The van der Waals surface area contributed by atoms with E-state index in [2.05, 4.69) is 0 Å². The van der Waals surface area contributed by atoms with Crippen LogP contribution in [0.15, 0.2) is 65.6 Å². The molecule has 0 aromatic heterocycles. The number of ether oxygens (including phenoxy) is 1. The van der Waals surface area contributed by atoms with Crippen molar-refractivity contribution in [3.8, 4) is 5.75 Å². The van der Waals surface area contributed by atoms with Crippen LogP contribution in [0.5, 0.6) is 5.75 Å². The fourth-order valence-corrected chi connectivity index (χ4v) is 4.66. The summed E-state index contributed by atoms with van der Waals surface area (Å²) in [6, 6.07) is 15.9. The molecule has 0 heterocycles. The van der Waals surface area contributed by atoms with Crippen molar-refractivity contribution in [2.24, 2.45) is 0 Å². The molecule has 0 spiro atoms. The number of hydrogen-bond acceptors (Lipinski definition) is 6. The number of nitro benzene ring substituents is 1. The second-order valence-corrected chi connectivity index (χ2v) is 8.47. The van der Waals surface area contributed by atoms with Crippen molar-refractivity contribution in [3.63, 3.8) is 0 Å². The zero-order chi connectivity index (χ0) is 21.9. The molecule has 0 fully saturated rings. The van der Waals surface area contributed by atoms with Gasteiger partial charge in [0.25, 0.3) is 15.7 Å². The van der Waals surface area contributed by atoms with Crippen LogP contribution < -0.4 is 4.74 Å². The lowest BCUT2D eigenvalue weighted by molar-refractivity contribution is -0.385. The van der Waals surface area contributed by atoms with Crippen molar-refractivity contribution in [2.45, 2.75) is 18.2 Å². The van der Waals surface area contributed by atoms with Gasteiger partial charge in [-0.25, -0.2) is 12.7 Å². The monoisotopic (exact) mass is 428 g/mol. The molecule has 0 saturated heterocycles. The van der Waals surface area contributed by atoms with Gasteiger partial charge in [0.1, 0.15) is 5.75 Å². The Morgan fingerprint density at radius 2 is 1.83 bits per heavy atom. The summed E-state index contributed by atoms with van der Waals surface area (Å²) in [5.74, 6) is 0.00177. The molecular weight excluding hydrogens is 408 g/mol. The molecule has 3 aromatic carbocycles.